The Hall–Kier alpha value is -4.18. The number of anilines is 2. The third-order valence-corrected chi connectivity index (χ3v) is 6.76. The number of rotatable bonds is 8. The van der Waals surface area contributed by atoms with Gasteiger partial charge >= 0.3 is 17.3 Å². The van der Waals surface area contributed by atoms with Gasteiger partial charge in [0.25, 0.3) is 0 Å². The van der Waals surface area contributed by atoms with E-state index in [0.29, 0.717) is 28.3 Å². The first-order valence-electron chi connectivity index (χ1n) is 11.6. The molecule has 0 fully saturated rings. The summed E-state index contributed by atoms with van der Waals surface area (Å²) in [6.07, 6.45) is 2.34. The number of esters is 1. The van der Waals surface area contributed by atoms with E-state index in [1.54, 1.807) is 56.3 Å². The van der Waals surface area contributed by atoms with Gasteiger partial charge in [0, 0.05) is 16.3 Å². The van der Waals surface area contributed by atoms with Crippen molar-refractivity contribution in [3.8, 4) is 0 Å². The minimum atomic E-state index is -0.818. The van der Waals surface area contributed by atoms with E-state index in [1.807, 2.05) is 6.07 Å². The second-order valence-electron chi connectivity index (χ2n) is 8.82. The van der Waals surface area contributed by atoms with Gasteiger partial charge in [-0.3, -0.25) is 14.2 Å². The van der Waals surface area contributed by atoms with Gasteiger partial charge in [-0.05, 0) is 61.2 Å². The summed E-state index contributed by atoms with van der Waals surface area (Å²) < 4.78 is 7.04. The Morgan fingerprint density at radius 3 is 2.51 bits per heavy atom. The third kappa shape index (κ3) is 5.19. The Bertz CT molecular complexity index is 1520. The molecule has 1 heterocycles. The van der Waals surface area contributed by atoms with Crippen molar-refractivity contribution in [1.82, 2.24) is 14.1 Å². The van der Waals surface area contributed by atoms with Crippen LogP contribution in [0.15, 0.2) is 58.1 Å². The number of fused-ring (bicyclic) bond motifs is 1. The van der Waals surface area contributed by atoms with E-state index >= 15 is 0 Å². The Kier molecular flexibility index (Phi) is 7.30. The summed E-state index contributed by atoms with van der Waals surface area (Å²) in [5, 5.41) is 3.58. The van der Waals surface area contributed by atoms with Gasteiger partial charge in [-0.1, -0.05) is 35.9 Å². The van der Waals surface area contributed by atoms with Crippen molar-refractivity contribution in [2.45, 2.75) is 32.9 Å². The lowest BCUT2D eigenvalue weighted by atomic mass is 10.0. The monoisotopic (exact) mass is 523 g/mol. The van der Waals surface area contributed by atoms with Crippen LogP contribution in [0.5, 0.6) is 0 Å². The number of benzene rings is 2. The Morgan fingerprint density at radius 1 is 1.16 bits per heavy atom. The first-order chi connectivity index (χ1) is 17.6. The molecule has 0 spiro atoms. The number of primary amides is 1. The number of halogens is 1. The third-order valence-electron chi connectivity index (χ3n) is 6.51. The van der Waals surface area contributed by atoms with E-state index in [0.717, 1.165) is 15.7 Å². The van der Waals surface area contributed by atoms with E-state index < -0.39 is 35.2 Å². The molecule has 1 aliphatic rings. The van der Waals surface area contributed by atoms with Crippen LogP contribution in [0, 0.1) is 5.92 Å². The molecule has 10 nitrogen and oxygen atoms in total. The fourth-order valence-electron chi connectivity index (χ4n) is 4.24. The number of nitrogens with two attached hydrogens (primary N) is 1. The molecule has 2 aromatic carbocycles. The zero-order chi connectivity index (χ0) is 26.9. The number of hydrogen-bond donors (Lipinski definition) is 2. The van der Waals surface area contributed by atoms with E-state index in [1.165, 1.54) is 11.7 Å². The number of hydrogen-bond acceptors (Lipinski definition) is 7. The molecule has 4 rings (SSSR count). The molecule has 2 atom stereocenters. The lowest BCUT2D eigenvalue weighted by Crippen LogP contribution is -2.46. The molecule has 1 aromatic heterocycles. The SMILES string of the molecule is COC(=O)[C@H](C)[C@H](C)n1c(=O)nc(Nc2ccc3c(c2)C(C(N)=O)=CC3)n(Cc2ccc(Cl)cc2)c1=O. The summed E-state index contributed by atoms with van der Waals surface area (Å²) in [7, 11) is 1.24. The summed E-state index contributed by atoms with van der Waals surface area (Å²) >= 11 is 6.01. The van der Waals surface area contributed by atoms with Crippen LogP contribution in [0.4, 0.5) is 11.6 Å². The predicted molar refractivity (Wildman–Crippen MR) is 140 cm³/mol. The summed E-state index contributed by atoms with van der Waals surface area (Å²) in [5.41, 5.74) is 7.31. The molecule has 1 amide bonds. The molecule has 0 bridgehead atoms. The fourth-order valence-corrected chi connectivity index (χ4v) is 4.37. The quantitative estimate of drug-likeness (QED) is 0.433. The summed E-state index contributed by atoms with van der Waals surface area (Å²) in [6.45, 7) is 3.23. The largest absolute Gasteiger partial charge is 0.469 e. The number of amides is 1. The number of methoxy groups -OCH3 is 1. The van der Waals surface area contributed by atoms with Crippen molar-refractivity contribution in [1.29, 1.82) is 0 Å². The van der Waals surface area contributed by atoms with Gasteiger partial charge in [0.15, 0.2) is 0 Å². The predicted octanol–water partition coefficient (Wildman–Crippen LogP) is 2.65. The lowest BCUT2D eigenvalue weighted by Gasteiger charge is -2.22. The van der Waals surface area contributed by atoms with Crippen molar-refractivity contribution in [2.75, 3.05) is 12.4 Å². The molecule has 1 aliphatic carbocycles. The summed E-state index contributed by atoms with van der Waals surface area (Å²) in [6, 6.07) is 11.4. The molecule has 192 valence electrons. The number of nitrogens with zero attached hydrogens (tertiary/aromatic N) is 3. The van der Waals surface area contributed by atoms with Crippen LogP contribution in [0.2, 0.25) is 5.02 Å². The molecular weight excluding hydrogens is 498 g/mol. The number of carbonyl (C=O) groups is 2. The average molecular weight is 524 g/mol. The molecule has 37 heavy (non-hydrogen) atoms. The molecule has 0 saturated carbocycles. The van der Waals surface area contributed by atoms with Crippen LogP contribution in [0.25, 0.3) is 5.57 Å². The minimum Gasteiger partial charge on any atom is -0.469 e. The lowest BCUT2D eigenvalue weighted by molar-refractivity contribution is -0.146. The van der Waals surface area contributed by atoms with Gasteiger partial charge in [-0.2, -0.15) is 4.98 Å². The molecule has 3 aromatic rings. The van der Waals surface area contributed by atoms with Gasteiger partial charge in [0.2, 0.25) is 11.9 Å². The maximum Gasteiger partial charge on any atom is 0.355 e. The zero-order valence-corrected chi connectivity index (χ0v) is 21.3. The first kappa shape index (κ1) is 25.9. The number of nitrogens with one attached hydrogen (secondary N) is 1. The fraction of sp³-hybridized carbons (Fsp3) is 0.269. The smallest absolute Gasteiger partial charge is 0.355 e. The van der Waals surface area contributed by atoms with E-state index in [-0.39, 0.29) is 12.5 Å². The normalized spacial score (nSPS) is 13.9. The highest BCUT2D eigenvalue weighted by molar-refractivity contribution is 6.30. The molecule has 0 saturated heterocycles. The number of allylic oxidation sites excluding steroid dienone is 1. The van der Waals surface area contributed by atoms with Gasteiger partial charge in [0.1, 0.15) is 0 Å². The van der Waals surface area contributed by atoms with Crippen LogP contribution in [0.1, 0.15) is 36.6 Å². The maximum atomic E-state index is 13.7. The average Bonchev–Trinajstić information content (AvgIpc) is 3.30. The summed E-state index contributed by atoms with van der Waals surface area (Å²) in [4.78, 5) is 54.8. The van der Waals surface area contributed by atoms with Gasteiger partial charge < -0.3 is 15.8 Å². The van der Waals surface area contributed by atoms with Gasteiger partial charge in [-0.15, -0.1) is 0 Å². The van der Waals surface area contributed by atoms with Crippen LogP contribution in [0.3, 0.4) is 0 Å². The molecule has 0 aliphatic heterocycles. The number of aromatic nitrogens is 3. The Labute approximate surface area is 217 Å². The van der Waals surface area contributed by atoms with Gasteiger partial charge in [0.05, 0.1) is 25.6 Å². The first-order valence-corrected chi connectivity index (χ1v) is 11.9. The topological polar surface area (TPSA) is 138 Å². The second kappa shape index (κ2) is 10.4. The molecular formula is C26H26ClN5O5. The van der Waals surface area contributed by atoms with Crippen molar-refractivity contribution in [3.05, 3.63) is 91.2 Å². The standard InChI is InChI=1S/C26H26ClN5O5/c1-14(23(34)37-3)15(2)32-25(35)30-24(31(26(32)36)13-16-4-8-18(27)9-5-16)29-19-10-6-17-7-11-20(22(28)33)21(17)12-19/h4-6,8-12,14-15H,7,13H2,1-3H3,(H2,28,33)(H,29,30,35)/t14-,15+/m1/s1. The highest BCUT2D eigenvalue weighted by Gasteiger charge is 2.27. The van der Waals surface area contributed by atoms with Crippen LogP contribution in [-0.2, 0) is 27.3 Å². The van der Waals surface area contributed by atoms with Crippen molar-refractivity contribution in [2.24, 2.45) is 11.7 Å². The van der Waals surface area contributed by atoms with Crippen molar-refractivity contribution >= 4 is 40.7 Å². The number of carbonyl (C=O) groups excluding carboxylic acids is 2. The van der Waals surface area contributed by atoms with Crippen LogP contribution >= 0.6 is 11.6 Å². The van der Waals surface area contributed by atoms with Crippen molar-refractivity contribution < 1.29 is 14.3 Å². The highest BCUT2D eigenvalue weighted by atomic mass is 35.5. The molecule has 0 unspecified atom stereocenters. The molecule has 3 N–H and O–H groups in total. The maximum absolute atomic E-state index is 13.7. The van der Waals surface area contributed by atoms with Gasteiger partial charge in [-0.25, -0.2) is 14.2 Å². The number of ether oxygens (including phenoxy) is 1. The van der Waals surface area contributed by atoms with Crippen LogP contribution in [-0.4, -0.2) is 33.1 Å². The van der Waals surface area contributed by atoms with E-state index in [9.17, 15) is 19.2 Å². The highest BCUT2D eigenvalue weighted by Crippen LogP contribution is 2.30. The van der Waals surface area contributed by atoms with Crippen LogP contribution < -0.4 is 22.4 Å². The summed E-state index contributed by atoms with van der Waals surface area (Å²) in [5.74, 6) is -1.86. The Morgan fingerprint density at radius 2 is 1.86 bits per heavy atom. The zero-order valence-electron chi connectivity index (χ0n) is 20.5. The Balaban J connectivity index is 1.81. The second-order valence-corrected chi connectivity index (χ2v) is 9.26. The van der Waals surface area contributed by atoms with Crippen molar-refractivity contribution in [3.63, 3.8) is 0 Å². The molecule has 0 radical (unpaired) electrons. The minimum absolute atomic E-state index is 0.00155. The molecule has 11 heteroatoms. The van der Waals surface area contributed by atoms with E-state index in [2.05, 4.69) is 10.3 Å². The van der Waals surface area contributed by atoms with E-state index in [4.69, 9.17) is 22.1 Å².